The van der Waals surface area contributed by atoms with E-state index in [1.165, 1.54) is 0 Å². The molecule has 1 saturated heterocycles. The molecule has 4 nitrogen and oxygen atoms in total. The second kappa shape index (κ2) is 4.28. The van der Waals surface area contributed by atoms with E-state index in [2.05, 4.69) is 13.8 Å². The first-order chi connectivity index (χ1) is 6.49. The maximum Gasteiger partial charge on any atom is 0.333 e. The van der Waals surface area contributed by atoms with Crippen molar-refractivity contribution in [1.82, 2.24) is 0 Å². The fraction of sp³-hybridized carbons (Fsp3) is 0.900. The highest BCUT2D eigenvalue weighted by Gasteiger charge is 2.41. The van der Waals surface area contributed by atoms with E-state index >= 15 is 0 Å². The zero-order chi connectivity index (χ0) is 10.9. The molecule has 3 N–H and O–H groups in total. The van der Waals surface area contributed by atoms with Gasteiger partial charge in [0.2, 0.25) is 0 Å². The van der Waals surface area contributed by atoms with Crippen LogP contribution in [0.3, 0.4) is 0 Å². The minimum atomic E-state index is -0.880. The Morgan fingerprint density at radius 3 is 2.29 bits per heavy atom. The first-order valence-corrected chi connectivity index (χ1v) is 5.07. The highest BCUT2D eigenvalue weighted by molar-refractivity contribution is 5.72. The largest absolute Gasteiger partial charge is 0.479 e. The minimum absolute atomic E-state index is 0.0466. The lowest BCUT2D eigenvalue weighted by molar-refractivity contribution is -0.177. The van der Waals surface area contributed by atoms with E-state index in [0.29, 0.717) is 18.4 Å². The normalized spacial score (nSPS) is 43.6. The Labute approximate surface area is 84.4 Å². The molecule has 5 atom stereocenters. The Morgan fingerprint density at radius 1 is 1.29 bits per heavy atom. The van der Waals surface area contributed by atoms with Crippen molar-refractivity contribution in [3.8, 4) is 0 Å². The number of aliphatic carboxylic acids is 1. The van der Waals surface area contributed by atoms with Gasteiger partial charge in [-0.25, -0.2) is 4.79 Å². The summed E-state index contributed by atoms with van der Waals surface area (Å²) >= 11 is 0. The highest BCUT2D eigenvalue weighted by Crippen LogP contribution is 2.34. The van der Waals surface area contributed by atoms with Crippen LogP contribution in [0.15, 0.2) is 0 Å². The maximum absolute atomic E-state index is 10.9. The number of carbonyl (C=O) groups is 1. The number of carboxylic acid groups (broad SMARTS) is 1. The molecule has 1 unspecified atom stereocenters. The average Bonchev–Trinajstić information content (AvgIpc) is 2.14. The van der Waals surface area contributed by atoms with Gasteiger partial charge in [-0.15, -0.1) is 0 Å². The van der Waals surface area contributed by atoms with Gasteiger partial charge in [-0.3, -0.25) is 0 Å². The molecule has 14 heavy (non-hydrogen) atoms. The van der Waals surface area contributed by atoms with Gasteiger partial charge in [-0.1, -0.05) is 20.8 Å². The van der Waals surface area contributed by atoms with Crippen molar-refractivity contribution in [2.75, 3.05) is 6.54 Å². The summed E-state index contributed by atoms with van der Waals surface area (Å²) in [5.41, 5.74) is 5.55. The van der Waals surface area contributed by atoms with Crippen molar-refractivity contribution in [1.29, 1.82) is 0 Å². The first kappa shape index (κ1) is 11.5. The number of carboxylic acids is 1. The van der Waals surface area contributed by atoms with E-state index < -0.39 is 12.1 Å². The fourth-order valence-corrected chi connectivity index (χ4v) is 2.08. The van der Waals surface area contributed by atoms with Gasteiger partial charge in [0.15, 0.2) is 6.10 Å². The second-order valence-corrected chi connectivity index (χ2v) is 4.25. The van der Waals surface area contributed by atoms with E-state index in [0.717, 1.165) is 0 Å². The molecule has 0 spiro atoms. The fourth-order valence-electron chi connectivity index (χ4n) is 2.08. The summed E-state index contributed by atoms with van der Waals surface area (Å²) in [5, 5.41) is 8.96. The van der Waals surface area contributed by atoms with Crippen LogP contribution >= 0.6 is 0 Å². The zero-order valence-electron chi connectivity index (χ0n) is 8.93. The van der Waals surface area contributed by atoms with Gasteiger partial charge >= 0.3 is 5.97 Å². The average molecular weight is 201 g/mol. The Balaban J connectivity index is 2.78. The van der Waals surface area contributed by atoms with Crippen LogP contribution in [0.4, 0.5) is 0 Å². The van der Waals surface area contributed by atoms with Crippen LogP contribution in [0.5, 0.6) is 0 Å². The predicted molar refractivity (Wildman–Crippen MR) is 52.8 cm³/mol. The van der Waals surface area contributed by atoms with Gasteiger partial charge in [0.25, 0.3) is 0 Å². The van der Waals surface area contributed by atoms with Crippen LogP contribution in [-0.2, 0) is 9.53 Å². The molecule has 82 valence electrons. The molecule has 0 saturated carbocycles. The van der Waals surface area contributed by atoms with E-state index in [-0.39, 0.29) is 12.0 Å². The van der Waals surface area contributed by atoms with E-state index in [1.807, 2.05) is 6.92 Å². The Morgan fingerprint density at radius 2 is 1.86 bits per heavy atom. The lowest BCUT2D eigenvalue weighted by atomic mass is 9.76. The van der Waals surface area contributed by atoms with Crippen molar-refractivity contribution < 1.29 is 14.6 Å². The Bertz CT molecular complexity index is 217. The van der Waals surface area contributed by atoms with Crippen LogP contribution in [0.1, 0.15) is 20.8 Å². The lowest BCUT2D eigenvalue weighted by Crippen LogP contribution is -2.50. The summed E-state index contributed by atoms with van der Waals surface area (Å²) in [7, 11) is 0. The van der Waals surface area contributed by atoms with Crippen molar-refractivity contribution in [3.05, 3.63) is 0 Å². The third-order valence-electron chi connectivity index (χ3n) is 3.52. The molecule has 0 aromatic rings. The van der Waals surface area contributed by atoms with E-state index in [1.54, 1.807) is 0 Å². The summed E-state index contributed by atoms with van der Waals surface area (Å²) < 4.78 is 5.47. The predicted octanol–water partition coefficient (Wildman–Crippen LogP) is 0.705. The van der Waals surface area contributed by atoms with E-state index in [9.17, 15) is 4.79 Å². The van der Waals surface area contributed by atoms with Crippen molar-refractivity contribution >= 4 is 5.97 Å². The third-order valence-corrected chi connectivity index (χ3v) is 3.52. The number of hydrogen-bond donors (Lipinski definition) is 2. The van der Waals surface area contributed by atoms with Crippen molar-refractivity contribution in [2.24, 2.45) is 23.5 Å². The summed E-state index contributed by atoms with van der Waals surface area (Å²) in [4.78, 5) is 10.9. The summed E-state index contributed by atoms with van der Waals surface area (Å²) in [6.45, 7) is 6.45. The van der Waals surface area contributed by atoms with Crippen LogP contribution < -0.4 is 5.73 Å². The Hall–Kier alpha value is -0.610. The van der Waals surface area contributed by atoms with Gasteiger partial charge in [0.05, 0.1) is 6.10 Å². The van der Waals surface area contributed by atoms with Crippen LogP contribution in [0, 0.1) is 17.8 Å². The first-order valence-electron chi connectivity index (χ1n) is 5.07. The van der Waals surface area contributed by atoms with Gasteiger partial charge in [-0.05, 0) is 17.8 Å². The molecule has 1 aliphatic heterocycles. The smallest absolute Gasteiger partial charge is 0.333 e. The van der Waals surface area contributed by atoms with E-state index in [4.69, 9.17) is 15.6 Å². The summed E-state index contributed by atoms with van der Waals surface area (Å²) in [6.07, 6.45) is -0.822. The second-order valence-electron chi connectivity index (χ2n) is 4.25. The molecular formula is C10H19NO3. The molecule has 0 aromatic carbocycles. The Kier molecular flexibility index (Phi) is 3.50. The minimum Gasteiger partial charge on any atom is -0.479 e. The molecule has 4 heteroatoms. The van der Waals surface area contributed by atoms with Crippen LogP contribution in [0.2, 0.25) is 0 Å². The topological polar surface area (TPSA) is 72.5 Å². The maximum atomic E-state index is 10.9. The molecule has 1 rings (SSSR count). The molecule has 0 aromatic heterocycles. The number of nitrogens with two attached hydrogens (primary N) is 1. The monoisotopic (exact) mass is 201 g/mol. The van der Waals surface area contributed by atoms with Gasteiger partial charge in [0.1, 0.15) is 0 Å². The van der Waals surface area contributed by atoms with Gasteiger partial charge in [-0.2, -0.15) is 0 Å². The standard InChI is InChI=1S/C10H19NO3/c1-5-6(2)8(4-11)14-9(7(5)3)10(12)13/h5-9H,4,11H2,1-3H3,(H,12,13)/t5-,6+,7+,8+,9?/m0/s1. The number of rotatable bonds is 2. The molecule has 1 fully saturated rings. The number of ether oxygens (including phenoxy) is 1. The summed E-state index contributed by atoms with van der Waals surface area (Å²) in [6, 6.07) is 0. The molecule has 0 radical (unpaired) electrons. The third kappa shape index (κ3) is 1.91. The van der Waals surface area contributed by atoms with Crippen LogP contribution in [-0.4, -0.2) is 29.8 Å². The molecule has 0 bridgehead atoms. The van der Waals surface area contributed by atoms with Crippen LogP contribution in [0.25, 0.3) is 0 Å². The van der Waals surface area contributed by atoms with Gasteiger partial charge in [0, 0.05) is 6.54 Å². The summed E-state index contributed by atoms with van der Waals surface area (Å²) in [5.74, 6) is -0.177. The molecule has 0 aliphatic carbocycles. The lowest BCUT2D eigenvalue weighted by Gasteiger charge is -2.41. The quantitative estimate of drug-likeness (QED) is 0.690. The number of hydrogen-bond acceptors (Lipinski definition) is 3. The molecular weight excluding hydrogens is 182 g/mol. The molecule has 0 amide bonds. The highest BCUT2D eigenvalue weighted by atomic mass is 16.5. The molecule has 1 heterocycles. The zero-order valence-corrected chi connectivity index (χ0v) is 8.93. The SMILES string of the molecule is C[C@@H]1[C@H](C)[C@@H](C)C(C(=O)O)O[C@@H]1CN. The van der Waals surface area contributed by atoms with Gasteiger partial charge < -0.3 is 15.6 Å². The van der Waals surface area contributed by atoms with Crippen molar-refractivity contribution in [3.63, 3.8) is 0 Å². The van der Waals surface area contributed by atoms with Crippen molar-refractivity contribution in [2.45, 2.75) is 33.0 Å². The molecule has 1 aliphatic rings.